The molecule has 3 aromatic carbocycles. The van der Waals surface area contributed by atoms with Gasteiger partial charge in [0.05, 0.1) is 17.6 Å². The molecule has 0 aliphatic heterocycles. The summed E-state index contributed by atoms with van der Waals surface area (Å²) in [4.78, 5) is 20.4. The van der Waals surface area contributed by atoms with E-state index in [1.54, 1.807) is 0 Å². The van der Waals surface area contributed by atoms with Crippen LogP contribution in [-0.4, -0.2) is 22.4 Å². The van der Waals surface area contributed by atoms with Crippen molar-refractivity contribution in [3.63, 3.8) is 0 Å². The van der Waals surface area contributed by atoms with Gasteiger partial charge >= 0.3 is 0 Å². The van der Waals surface area contributed by atoms with Crippen LogP contribution in [-0.2, 0) is 6.42 Å². The van der Waals surface area contributed by atoms with E-state index in [0.717, 1.165) is 33.7 Å². The van der Waals surface area contributed by atoms with E-state index in [2.05, 4.69) is 9.97 Å². The van der Waals surface area contributed by atoms with Crippen molar-refractivity contribution in [2.24, 2.45) is 0 Å². The zero-order valence-electron chi connectivity index (χ0n) is 15.1. The molecule has 27 heavy (non-hydrogen) atoms. The Morgan fingerprint density at radius 2 is 1.70 bits per heavy atom. The van der Waals surface area contributed by atoms with Gasteiger partial charge in [-0.1, -0.05) is 36.4 Å². The van der Waals surface area contributed by atoms with Crippen LogP contribution in [0.15, 0.2) is 72.8 Å². The number of hydrogen-bond acceptors (Lipinski definition) is 3. The molecular weight excluding hydrogens is 336 g/mol. The summed E-state index contributed by atoms with van der Waals surface area (Å²) in [7, 11) is 0. The van der Waals surface area contributed by atoms with Gasteiger partial charge in [-0.15, -0.1) is 0 Å². The lowest BCUT2D eigenvalue weighted by Gasteiger charge is -2.05. The Hall–Kier alpha value is -3.40. The molecule has 0 atom stereocenters. The van der Waals surface area contributed by atoms with E-state index < -0.39 is 0 Å². The van der Waals surface area contributed by atoms with Crippen molar-refractivity contribution < 1.29 is 9.53 Å². The zero-order chi connectivity index (χ0) is 18.6. The van der Waals surface area contributed by atoms with Crippen molar-refractivity contribution in [1.82, 2.24) is 9.97 Å². The highest BCUT2D eigenvalue weighted by molar-refractivity contribution is 5.97. The molecule has 0 spiro atoms. The molecule has 4 nitrogen and oxygen atoms in total. The average Bonchev–Trinajstić information content (AvgIpc) is 3.13. The van der Waals surface area contributed by atoms with Gasteiger partial charge in [-0.05, 0) is 48.9 Å². The molecule has 0 bridgehead atoms. The number of Topliss-reactive ketones (excluding diaryl/α,β-unsaturated/α-hetero) is 1. The van der Waals surface area contributed by atoms with Crippen LogP contribution < -0.4 is 4.74 Å². The number of ketones is 1. The number of nitrogens with one attached hydrogen (secondary N) is 1. The summed E-state index contributed by atoms with van der Waals surface area (Å²) in [6.07, 6.45) is 0.369. The molecule has 0 saturated heterocycles. The SMILES string of the molecule is CCOc1ccc(C(=O)Cc2ccc(-c3nc4ccccc4[nH]3)cc2)cc1. The molecule has 1 heterocycles. The van der Waals surface area contributed by atoms with E-state index in [-0.39, 0.29) is 5.78 Å². The third-order valence-electron chi connectivity index (χ3n) is 4.47. The van der Waals surface area contributed by atoms with Crippen molar-refractivity contribution in [3.8, 4) is 17.1 Å². The summed E-state index contributed by atoms with van der Waals surface area (Å²) in [6.45, 7) is 2.55. The highest BCUT2D eigenvalue weighted by Crippen LogP contribution is 2.21. The predicted molar refractivity (Wildman–Crippen MR) is 107 cm³/mol. The lowest BCUT2D eigenvalue weighted by atomic mass is 10.0. The number of rotatable bonds is 6. The Balaban J connectivity index is 1.47. The van der Waals surface area contributed by atoms with Crippen molar-refractivity contribution in [1.29, 1.82) is 0 Å². The highest BCUT2D eigenvalue weighted by atomic mass is 16.5. The molecule has 0 fully saturated rings. The van der Waals surface area contributed by atoms with E-state index in [0.29, 0.717) is 18.6 Å². The van der Waals surface area contributed by atoms with Crippen LogP contribution in [0.3, 0.4) is 0 Å². The van der Waals surface area contributed by atoms with Gasteiger partial charge in [0.15, 0.2) is 5.78 Å². The van der Waals surface area contributed by atoms with Crippen LogP contribution in [0.1, 0.15) is 22.8 Å². The van der Waals surface area contributed by atoms with Gasteiger partial charge in [-0.2, -0.15) is 0 Å². The second-order valence-electron chi connectivity index (χ2n) is 6.36. The van der Waals surface area contributed by atoms with Gasteiger partial charge in [0.1, 0.15) is 11.6 Å². The minimum absolute atomic E-state index is 0.0922. The van der Waals surface area contributed by atoms with Crippen molar-refractivity contribution in [2.75, 3.05) is 6.61 Å². The molecule has 1 N–H and O–H groups in total. The highest BCUT2D eigenvalue weighted by Gasteiger charge is 2.09. The van der Waals surface area contributed by atoms with E-state index in [9.17, 15) is 4.79 Å². The topological polar surface area (TPSA) is 55.0 Å². The van der Waals surface area contributed by atoms with Gasteiger partial charge in [0.25, 0.3) is 0 Å². The van der Waals surface area contributed by atoms with Crippen LogP contribution in [0.4, 0.5) is 0 Å². The number of aromatic nitrogens is 2. The standard InChI is InChI=1S/C23H20N2O2/c1-2-27-19-13-11-17(12-14-19)22(26)15-16-7-9-18(10-8-16)23-24-20-5-3-4-6-21(20)25-23/h3-14H,2,15H2,1H3,(H,24,25). The van der Waals surface area contributed by atoms with Crippen LogP contribution in [0.2, 0.25) is 0 Å². The van der Waals surface area contributed by atoms with Gasteiger partial charge in [-0.25, -0.2) is 4.98 Å². The number of benzene rings is 3. The zero-order valence-corrected chi connectivity index (χ0v) is 15.1. The summed E-state index contributed by atoms with van der Waals surface area (Å²) >= 11 is 0. The first-order valence-corrected chi connectivity index (χ1v) is 9.03. The number of H-pyrrole nitrogens is 1. The quantitative estimate of drug-likeness (QED) is 0.492. The minimum Gasteiger partial charge on any atom is -0.494 e. The summed E-state index contributed by atoms with van der Waals surface area (Å²) in [5.74, 6) is 1.71. The van der Waals surface area contributed by atoms with Crippen molar-refractivity contribution in [2.45, 2.75) is 13.3 Å². The molecule has 134 valence electrons. The molecule has 4 aromatic rings. The lowest BCUT2D eigenvalue weighted by Crippen LogP contribution is -2.03. The molecule has 0 aliphatic carbocycles. The average molecular weight is 356 g/mol. The summed E-state index contributed by atoms with van der Waals surface area (Å²) in [5.41, 5.74) is 4.64. The number of carbonyl (C=O) groups excluding carboxylic acids is 1. The molecule has 4 heteroatoms. The maximum Gasteiger partial charge on any atom is 0.167 e. The molecule has 0 radical (unpaired) electrons. The smallest absolute Gasteiger partial charge is 0.167 e. The Morgan fingerprint density at radius 3 is 2.41 bits per heavy atom. The second-order valence-corrected chi connectivity index (χ2v) is 6.36. The third-order valence-corrected chi connectivity index (χ3v) is 4.47. The Kier molecular flexibility index (Phi) is 4.71. The van der Waals surface area contributed by atoms with Crippen molar-refractivity contribution >= 4 is 16.8 Å². The summed E-state index contributed by atoms with van der Waals surface area (Å²) < 4.78 is 5.42. The number of para-hydroxylation sites is 2. The molecule has 1 aromatic heterocycles. The minimum atomic E-state index is 0.0922. The molecule has 0 aliphatic rings. The molecular formula is C23H20N2O2. The van der Waals surface area contributed by atoms with Gasteiger partial charge in [-0.3, -0.25) is 4.79 Å². The number of nitrogens with zero attached hydrogens (tertiary/aromatic N) is 1. The molecule has 0 amide bonds. The molecule has 0 saturated carbocycles. The largest absolute Gasteiger partial charge is 0.494 e. The number of ether oxygens (including phenoxy) is 1. The Labute approximate surface area is 157 Å². The third kappa shape index (κ3) is 3.75. The Morgan fingerprint density at radius 1 is 0.963 bits per heavy atom. The number of aromatic amines is 1. The summed E-state index contributed by atoms with van der Waals surface area (Å²) in [6, 6.07) is 23.2. The summed E-state index contributed by atoms with van der Waals surface area (Å²) in [5, 5.41) is 0. The predicted octanol–water partition coefficient (Wildman–Crippen LogP) is 5.05. The van der Waals surface area contributed by atoms with E-state index in [1.165, 1.54) is 0 Å². The van der Waals surface area contributed by atoms with Crippen LogP contribution in [0.5, 0.6) is 5.75 Å². The molecule has 4 rings (SSSR count). The van der Waals surface area contributed by atoms with E-state index >= 15 is 0 Å². The molecule has 0 unspecified atom stereocenters. The van der Waals surface area contributed by atoms with Crippen LogP contribution in [0, 0.1) is 0 Å². The maximum atomic E-state index is 12.5. The maximum absolute atomic E-state index is 12.5. The normalized spacial score (nSPS) is 10.9. The van der Waals surface area contributed by atoms with E-state index in [4.69, 9.17) is 4.74 Å². The first kappa shape index (κ1) is 17.0. The number of carbonyl (C=O) groups is 1. The number of hydrogen-bond donors (Lipinski definition) is 1. The van der Waals surface area contributed by atoms with Gasteiger partial charge in [0, 0.05) is 17.5 Å². The lowest BCUT2D eigenvalue weighted by molar-refractivity contribution is 0.0993. The second kappa shape index (κ2) is 7.46. The van der Waals surface area contributed by atoms with Gasteiger partial charge < -0.3 is 9.72 Å². The fraction of sp³-hybridized carbons (Fsp3) is 0.130. The first-order chi connectivity index (χ1) is 13.2. The fourth-order valence-corrected chi connectivity index (χ4v) is 3.06. The first-order valence-electron chi connectivity index (χ1n) is 9.03. The van der Waals surface area contributed by atoms with Crippen LogP contribution >= 0.6 is 0 Å². The fourth-order valence-electron chi connectivity index (χ4n) is 3.06. The Bertz CT molecular complexity index is 1030. The van der Waals surface area contributed by atoms with E-state index in [1.807, 2.05) is 79.7 Å². The monoisotopic (exact) mass is 356 g/mol. The number of imidazole rings is 1. The van der Waals surface area contributed by atoms with Crippen molar-refractivity contribution in [3.05, 3.63) is 83.9 Å². The van der Waals surface area contributed by atoms with Gasteiger partial charge in [0.2, 0.25) is 0 Å². The van der Waals surface area contributed by atoms with Crippen LogP contribution in [0.25, 0.3) is 22.4 Å². The number of fused-ring (bicyclic) bond motifs is 1.